The predicted octanol–water partition coefficient (Wildman–Crippen LogP) is 7.17. The number of hydrogen-bond acceptors (Lipinski definition) is 4. The van der Waals surface area contributed by atoms with Gasteiger partial charge in [-0.05, 0) is 19.8 Å². The first kappa shape index (κ1) is 22.4. The Bertz CT molecular complexity index is 324. The van der Waals surface area contributed by atoms with Gasteiger partial charge in [-0.1, -0.05) is 109 Å². The van der Waals surface area contributed by atoms with Crippen molar-refractivity contribution in [2.24, 2.45) is 10.3 Å². The highest BCUT2D eigenvalue weighted by atomic mass is 15.8. The molecule has 0 aliphatic carbocycles. The highest BCUT2D eigenvalue weighted by molar-refractivity contribution is 4.83. The number of hydrogen-bond donors (Lipinski definition) is 1. The molecule has 25 heavy (non-hydrogen) atoms. The van der Waals surface area contributed by atoms with Crippen LogP contribution >= 0.6 is 0 Å². The maximum Gasteiger partial charge on any atom is 0.134 e. The SMILES string of the molecule is CCCCCCCCCCCCCCCCC(C)(CC)N1CN=NN1. The average Bonchev–Trinajstić information content (AvgIpc) is 3.17. The van der Waals surface area contributed by atoms with Crippen molar-refractivity contribution >= 4 is 0 Å². The largest absolute Gasteiger partial charge is 0.219 e. The lowest BCUT2D eigenvalue weighted by molar-refractivity contribution is 0.0592. The zero-order chi connectivity index (χ0) is 18.2. The quantitative estimate of drug-likeness (QED) is 0.282. The van der Waals surface area contributed by atoms with E-state index in [4.69, 9.17) is 0 Å². The van der Waals surface area contributed by atoms with Gasteiger partial charge >= 0.3 is 0 Å². The molecule has 0 saturated heterocycles. The molecule has 1 aliphatic rings. The summed E-state index contributed by atoms with van der Waals surface area (Å²) in [7, 11) is 0. The summed E-state index contributed by atoms with van der Waals surface area (Å²) >= 11 is 0. The molecule has 0 radical (unpaired) electrons. The number of hydrazine groups is 1. The van der Waals surface area contributed by atoms with Gasteiger partial charge in [-0.2, -0.15) is 10.1 Å². The molecule has 1 N–H and O–H groups in total. The number of nitrogens with zero attached hydrogens (tertiary/aromatic N) is 3. The second-order valence-corrected chi connectivity index (χ2v) is 8.11. The Kier molecular flexibility index (Phi) is 13.0. The first-order chi connectivity index (χ1) is 12.2. The lowest BCUT2D eigenvalue weighted by Gasteiger charge is -2.36. The van der Waals surface area contributed by atoms with Crippen LogP contribution in [0, 0.1) is 0 Å². The van der Waals surface area contributed by atoms with Crippen LogP contribution in [0.4, 0.5) is 0 Å². The Hall–Kier alpha value is -0.640. The normalized spacial score (nSPS) is 16.9. The summed E-state index contributed by atoms with van der Waals surface area (Å²) in [5, 5.41) is 10.1. The zero-order valence-electron chi connectivity index (χ0n) is 17.4. The van der Waals surface area contributed by atoms with Crippen LogP contribution in [0.25, 0.3) is 0 Å². The Morgan fingerprint density at radius 3 is 1.64 bits per heavy atom. The van der Waals surface area contributed by atoms with Gasteiger partial charge in [-0.25, -0.2) is 5.53 Å². The average molecular weight is 353 g/mol. The van der Waals surface area contributed by atoms with E-state index in [0.29, 0.717) is 6.67 Å². The third kappa shape index (κ3) is 10.2. The summed E-state index contributed by atoms with van der Waals surface area (Å²) in [6, 6.07) is 0. The molecule has 0 amide bonds. The highest BCUT2D eigenvalue weighted by Gasteiger charge is 2.31. The van der Waals surface area contributed by atoms with E-state index in [2.05, 4.69) is 41.7 Å². The fourth-order valence-electron chi connectivity index (χ4n) is 3.71. The van der Waals surface area contributed by atoms with Crippen LogP contribution < -0.4 is 5.53 Å². The van der Waals surface area contributed by atoms with E-state index >= 15 is 0 Å². The molecule has 4 nitrogen and oxygen atoms in total. The summed E-state index contributed by atoms with van der Waals surface area (Å²) in [6.45, 7) is 7.59. The van der Waals surface area contributed by atoms with E-state index in [1.807, 2.05) is 0 Å². The molecule has 0 bridgehead atoms. The van der Waals surface area contributed by atoms with Crippen LogP contribution in [-0.4, -0.2) is 17.2 Å². The molecule has 1 atom stereocenters. The first-order valence-corrected chi connectivity index (χ1v) is 11.1. The number of nitrogens with one attached hydrogen (secondary N) is 1. The van der Waals surface area contributed by atoms with Gasteiger partial charge in [-0.3, -0.25) is 0 Å². The highest BCUT2D eigenvalue weighted by Crippen LogP contribution is 2.26. The van der Waals surface area contributed by atoms with E-state index < -0.39 is 0 Å². The van der Waals surface area contributed by atoms with E-state index in [-0.39, 0.29) is 5.54 Å². The van der Waals surface area contributed by atoms with Gasteiger partial charge in [0.15, 0.2) is 0 Å². The molecule has 0 aromatic rings. The van der Waals surface area contributed by atoms with Crippen LogP contribution in [0.5, 0.6) is 0 Å². The standard InChI is InChI=1S/C21H44N4/c1-4-6-7-8-9-10-11-12-13-14-15-16-17-18-19-21(3,5-2)25-20-22-23-24-25/h4-20H2,1-3H3,(H,22,24). The molecule has 0 aromatic carbocycles. The van der Waals surface area contributed by atoms with Gasteiger partial charge < -0.3 is 0 Å². The molecule has 1 rings (SSSR count). The summed E-state index contributed by atoms with van der Waals surface area (Å²) in [4.78, 5) is 0. The number of unbranched alkanes of at least 4 members (excludes halogenated alkanes) is 13. The molecule has 4 heteroatoms. The molecule has 148 valence electrons. The van der Waals surface area contributed by atoms with Gasteiger partial charge in [0.1, 0.15) is 6.67 Å². The topological polar surface area (TPSA) is 40.0 Å². The maximum absolute atomic E-state index is 4.04. The van der Waals surface area contributed by atoms with Gasteiger partial charge in [0.05, 0.1) is 0 Å². The minimum atomic E-state index is 0.195. The molecule has 1 unspecified atom stereocenters. The fraction of sp³-hybridized carbons (Fsp3) is 1.00. The zero-order valence-corrected chi connectivity index (χ0v) is 17.4. The van der Waals surface area contributed by atoms with E-state index in [1.54, 1.807) is 0 Å². The molecule has 0 aromatic heterocycles. The van der Waals surface area contributed by atoms with Crippen molar-refractivity contribution in [3.63, 3.8) is 0 Å². The van der Waals surface area contributed by atoms with Crippen LogP contribution in [0.2, 0.25) is 0 Å². The second-order valence-electron chi connectivity index (χ2n) is 8.11. The van der Waals surface area contributed by atoms with Crippen LogP contribution in [0.15, 0.2) is 10.3 Å². The van der Waals surface area contributed by atoms with Crippen molar-refractivity contribution in [1.29, 1.82) is 0 Å². The molecular weight excluding hydrogens is 308 g/mol. The summed E-state index contributed by atoms with van der Waals surface area (Å²) in [5.74, 6) is 0. The van der Waals surface area contributed by atoms with Crippen LogP contribution in [0.3, 0.4) is 0 Å². The molecule has 0 spiro atoms. The molecule has 0 saturated carbocycles. The Morgan fingerprint density at radius 1 is 0.760 bits per heavy atom. The molecule has 0 fully saturated rings. The van der Waals surface area contributed by atoms with Crippen molar-refractivity contribution < 1.29 is 0 Å². The maximum atomic E-state index is 4.04. The fourth-order valence-corrected chi connectivity index (χ4v) is 3.71. The van der Waals surface area contributed by atoms with E-state index in [9.17, 15) is 0 Å². The Morgan fingerprint density at radius 2 is 1.24 bits per heavy atom. The third-order valence-corrected chi connectivity index (χ3v) is 5.92. The second kappa shape index (κ2) is 14.5. The van der Waals surface area contributed by atoms with Gasteiger partial charge in [0.2, 0.25) is 0 Å². The van der Waals surface area contributed by atoms with Crippen molar-refractivity contribution in [1.82, 2.24) is 10.5 Å². The Labute approximate surface area is 157 Å². The predicted molar refractivity (Wildman–Crippen MR) is 108 cm³/mol. The summed E-state index contributed by atoms with van der Waals surface area (Å²) < 4.78 is 0. The van der Waals surface area contributed by atoms with Gasteiger partial charge in [0.25, 0.3) is 0 Å². The first-order valence-electron chi connectivity index (χ1n) is 11.1. The van der Waals surface area contributed by atoms with Crippen molar-refractivity contribution in [2.45, 2.75) is 129 Å². The van der Waals surface area contributed by atoms with E-state index in [0.717, 1.165) is 6.42 Å². The Balaban J connectivity index is 1.85. The van der Waals surface area contributed by atoms with Gasteiger partial charge in [0, 0.05) is 5.54 Å². The number of rotatable bonds is 17. The van der Waals surface area contributed by atoms with Crippen molar-refractivity contribution in [3.8, 4) is 0 Å². The lowest BCUT2D eigenvalue weighted by atomic mass is 9.90. The molecule has 1 heterocycles. The summed E-state index contributed by atoms with van der Waals surface area (Å²) in [6.07, 6.45) is 22.3. The van der Waals surface area contributed by atoms with Crippen molar-refractivity contribution in [3.05, 3.63) is 0 Å². The minimum absolute atomic E-state index is 0.195. The van der Waals surface area contributed by atoms with Gasteiger partial charge in [-0.15, -0.1) is 0 Å². The lowest BCUT2D eigenvalue weighted by Crippen LogP contribution is -2.49. The van der Waals surface area contributed by atoms with E-state index in [1.165, 1.54) is 96.3 Å². The van der Waals surface area contributed by atoms with Crippen LogP contribution in [-0.2, 0) is 0 Å². The smallest absolute Gasteiger partial charge is 0.134 e. The molecular formula is C21H44N4. The minimum Gasteiger partial charge on any atom is -0.219 e. The van der Waals surface area contributed by atoms with Crippen LogP contribution in [0.1, 0.15) is 124 Å². The third-order valence-electron chi connectivity index (χ3n) is 5.92. The monoisotopic (exact) mass is 352 g/mol. The van der Waals surface area contributed by atoms with Crippen molar-refractivity contribution in [2.75, 3.05) is 6.67 Å². The summed E-state index contributed by atoms with van der Waals surface area (Å²) in [5.41, 5.74) is 3.23. The molecule has 1 aliphatic heterocycles.